The number of nitrogens with zero attached hydrogens (tertiary/aromatic N) is 2. The normalized spacial score (nSPS) is 14.4. The van der Waals surface area contributed by atoms with Gasteiger partial charge in [0.2, 0.25) is 0 Å². The number of rotatable bonds is 5. The van der Waals surface area contributed by atoms with Crippen LogP contribution in [0.4, 0.5) is 34.1 Å². The molecule has 0 bridgehead atoms. The van der Waals surface area contributed by atoms with Gasteiger partial charge in [0.25, 0.3) is 6.71 Å². The van der Waals surface area contributed by atoms with E-state index in [0.717, 1.165) is 5.69 Å². The average Bonchev–Trinajstić information content (AvgIpc) is 3.66. The third kappa shape index (κ3) is 7.06. The number of anilines is 6. The predicted octanol–water partition coefficient (Wildman–Crippen LogP) is 16.0. The van der Waals surface area contributed by atoms with Gasteiger partial charge in [-0.1, -0.05) is 208 Å². The van der Waals surface area contributed by atoms with Crippen LogP contribution in [0.5, 0.6) is 0 Å². The Bertz CT molecular complexity index is 3490. The minimum atomic E-state index is -0.455. The van der Waals surface area contributed by atoms with Crippen LogP contribution in [0.15, 0.2) is 200 Å². The summed E-state index contributed by atoms with van der Waals surface area (Å²) in [5.74, 6) is 0. The van der Waals surface area contributed by atoms with Gasteiger partial charge in [0.15, 0.2) is 0 Å². The highest BCUT2D eigenvalue weighted by Crippen LogP contribution is 2.57. The van der Waals surface area contributed by atoms with Crippen LogP contribution in [0.25, 0.3) is 22.3 Å². The maximum absolute atomic E-state index is 2.56. The SMILES string of the molecule is Cc1cc2c3c(c1)N(c1ccc(C(C)(C)C)cc1)c1ccc(C(C)(C)C)cc1B3c1cc(C(C)(C)C)ccc1N2c1ccc(-c2ccc3c(c2)C(c2ccccc2)(c2ccccc2)c2ccccc2-3)cc1. The van der Waals surface area contributed by atoms with Crippen LogP contribution in [-0.2, 0) is 21.7 Å². The Kier molecular flexibility index (Phi) is 10.2. The summed E-state index contributed by atoms with van der Waals surface area (Å²) in [4.78, 5) is 5.11. The molecule has 0 saturated heterocycles. The minimum absolute atomic E-state index is 0.0173. The molecule has 71 heavy (non-hydrogen) atoms. The largest absolute Gasteiger partial charge is 0.311 e. The lowest BCUT2D eigenvalue weighted by atomic mass is 9.33. The molecule has 0 amide bonds. The van der Waals surface area contributed by atoms with Gasteiger partial charge in [0.05, 0.1) is 5.41 Å². The zero-order valence-corrected chi connectivity index (χ0v) is 43.0. The Balaban J connectivity index is 1.04. The summed E-state index contributed by atoms with van der Waals surface area (Å²) >= 11 is 0. The molecule has 0 aromatic heterocycles. The molecule has 0 unspecified atom stereocenters. The van der Waals surface area contributed by atoms with E-state index in [1.54, 1.807) is 0 Å². The third-order valence-corrected chi connectivity index (χ3v) is 15.9. The summed E-state index contributed by atoms with van der Waals surface area (Å²) < 4.78 is 0. The predicted molar refractivity (Wildman–Crippen MR) is 304 cm³/mol. The minimum Gasteiger partial charge on any atom is -0.311 e. The van der Waals surface area contributed by atoms with Crippen LogP contribution in [0.1, 0.15) is 107 Å². The van der Waals surface area contributed by atoms with Gasteiger partial charge in [0, 0.05) is 34.1 Å². The van der Waals surface area contributed by atoms with Gasteiger partial charge in [-0.05, 0) is 161 Å². The van der Waals surface area contributed by atoms with Crippen molar-refractivity contribution in [1.29, 1.82) is 0 Å². The van der Waals surface area contributed by atoms with E-state index in [9.17, 15) is 0 Å². The molecule has 0 saturated carbocycles. The van der Waals surface area contributed by atoms with Gasteiger partial charge in [-0.25, -0.2) is 0 Å². The summed E-state index contributed by atoms with van der Waals surface area (Å²) in [5.41, 5.74) is 26.4. The smallest absolute Gasteiger partial charge is 0.252 e. The fraction of sp³-hybridized carbons (Fsp3) is 0.206. The molecule has 0 N–H and O–H groups in total. The molecule has 2 heterocycles. The van der Waals surface area contributed by atoms with E-state index in [0.29, 0.717) is 0 Å². The molecule has 2 aliphatic heterocycles. The topological polar surface area (TPSA) is 6.48 Å². The fourth-order valence-corrected chi connectivity index (χ4v) is 12.2. The highest BCUT2D eigenvalue weighted by Gasteiger charge is 2.47. The van der Waals surface area contributed by atoms with Gasteiger partial charge >= 0.3 is 0 Å². The van der Waals surface area contributed by atoms with Gasteiger partial charge in [0.1, 0.15) is 0 Å². The Morgan fingerprint density at radius 2 is 0.803 bits per heavy atom. The van der Waals surface area contributed by atoms with Crippen LogP contribution < -0.4 is 26.2 Å². The molecular formula is C68H63BN2. The van der Waals surface area contributed by atoms with Crippen molar-refractivity contribution in [2.24, 2.45) is 0 Å². The Morgan fingerprint density at radius 3 is 1.31 bits per heavy atom. The number of hydrogen-bond acceptors (Lipinski definition) is 2. The van der Waals surface area contributed by atoms with Crippen LogP contribution in [0, 0.1) is 6.92 Å². The van der Waals surface area contributed by atoms with E-state index in [4.69, 9.17) is 0 Å². The van der Waals surface area contributed by atoms with E-state index in [1.165, 1.54) is 112 Å². The number of hydrogen-bond donors (Lipinski definition) is 0. The average molecular weight is 919 g/mol. The first-order valence-corrected chi connectivity index (χ1v) is 25.6. The molecule has 0 spiro atoms. The molecule has 3 heteroatoms. The van der Waals surface area contributed by atoms with Crippen molar-refractivity contribution in [3.05, 3.63) is 245 Å². The number of aryl methyl sites for hydroxylation is 1. The second-order valence-electron chi connectivity index (χ2n) is 23.5. The molecule has 9 aromatic rings. The van der Waals surface area contributed by atoms with Crippen molar-refractivity contribution in [3.8, 4) is 22.3 Å². The van der Waals surface area contributed by atoms with E-state index in [-0.39, 0.29) is 23.0 Å². The maximum Gasteiger partial charge on any atom is 0.252 e. The lowest BCUT2D eigenvalue weighted by Gasteiger charge is -2.45. The third-order valence-electron chi connectivity index (χ3n) is 15.9. The van der Waals surface area contributed by atoms with Crippen molar-refractivity contribution in [2.45, 2.75) is 90.9 Å². The summed E-state index contributed by atoms with van der Waals surface area (Å²) in [5, 5.41) is 0. The molecule has 0 fully saturated rings. The quantitative estimate of drug-likeness (QED) is 0.159. The second-order valence-corrected chi connectivity index (χ2v) is 23.5. The molecule has 0 atom stereocenters. The van der Waals surface area contributed by atoms with Crippen molar-refractivity contribution in [2.75, 3.05) is 9.80 Å². The van der Waals surface area contributed by atoms with Gasteiger partial charge < -0.3 is 9.80 Å². The summed E-state index contributed by atoms with van der Waals surface area (Å²) in [6.45, 7) is 23.2. The van der Waals surface area contributed by atoms with E-state index < -0.39 is 5.41 Å². The first-order valence-electron chi connectivity index (χ1n) is 25.6. The van der Waals surface area contributed by atoms with Crippen molar-refractivity contribution >= 4 is 57.2 Å². The maximum atomic E-state index is 2.56. The van der Waals surface area contributed by atoms with E-state index >= 15 is 0 Å². The number of benzene rings is 9. The zero-order valence-electron chi connectivity index (χ0n) is 43.0. The lowest BCUT2D eigenvalue weighted by molar-refractivity contribution is 0.590. The Morgan fingerprint density at radius 1 is 0.366 bits per heavy atom. The van der Waals surface area contributed by atoms with Crippen LogP contribution >= 0.6 is 0 Å². The summed E-state index contributed by atoms with van der Waals surface area (Å²) in [7, 11) is 0. The first-order chi connectivity index (χ1) is 34.0. The van der Waals surface area contributed by atoms with E-state index in [2.05, 4.69) is 279 Å². The van der Waals surface area contributed by atoms with Crippen molar-refractivity contribution < 1.29 is 0 Å². The molecule has 9 aromatic carbocycles. The standard InChI is InChI=1S/C68H63BN2/c1-44-39-62-64-63(40-44)71(53-34-28-47(29-35-53)65(2,3)4)61-38-31-51(67(8,9)10)43-59(61)69(64)58-42-50(66(5,6)7)30-37-60(58)70(62)52-32-25-45(26-33-52)46-27-36-55-54-23-17-18-24-56(54)68(57(55)41-46,48-19-13-11-14-20-48)49-21-15-12-16-22-49/h11-43H,1-10H3. The zero-order chi connectivity index (χ0) is 49.2. The van der Waals surface area contributed by atoms with Gasteiger partial charge in [-0.3, -0.25) is 0 Å². The highest BCUT2D eigenvalue weighted by molar-refractivity contribution is 7.00. The van der Waals surface area contributed by atoms with Crippen molar-refractivity contribution in [1.82, 2.24) is 0 Å². The first kappa shape index (κ1) is 44.8. The second kappa shape index (κ2) is 16.1. The van der Waals surface area contributed by atoms with Crippen LogP contribution in [0.3, 0.4) is 0 Å². The molecule has 12 rings (SSSR count). The van der Waals surface area contributed by atoms with Gasteiger partial charge in [-0.15, -0.1) is 0 Å². The fourth-order valence-electron chi connectivity index (χ4n) is 12.2. The Hall–Kier alpha value is -7.36. The summed E-state index contributed by atoms with van der Waals surface area (Å²) in [6.07, 6.45) is 0. The highest BCUT2D eigenvalue weighted by atomic mass is 15.2. The molecular weight excluding hydrogens is 856 g/mol. The molecule has 3 aliphatic rings. The lowest BCUT2D eigenvalue weighted by Crippen LogP contribution is -2.61. The van der Waals surface area contributed by atoms with Crippen LogP contribution in [0.2, 0.25) is 0 Å². The number of fused-ring (bicyclic) bond motifs is 7. The molecule has 1 aliphatic carbocycles. The van der Waals surface area contributed by atoms with E-state index in [1.807, 2.05) is 0 Å². The van der Waals surface area contributed by atoms with Crippen molar-refractivity contribution in [3.63, 3.8) is 0 Å². The monoisotopic (exact) mass is 919 g/mol. The molecule has 348 valence electrons. The van der Waals surface area contributed by atoms with Crippen LogP contribution in [-0.4, -0.2) is 6.71 Å². The Labute approximate surface area is 422 Å². The molecule has 0 radical (unpaired) electrons. The molecule has 2 nitrogen and oxygen atoms in total. The van der Waals surface area contributed by atoms with Gasteiger partial charge in [-0.2, -0.15) is 0 Å². The summed E-state index contributed by atoms with van der Waals surface area (Å²) in [6, 6.07) is 76.6.